The molecule has 0 spiro atoms. The van der Waals surface area contributed by atoms with E-state index < -0.39 is 0 Å². The largest absolute Gasteiger partial charge is 0.491 e. The van der Waals surface area contributed by atoms with Crippen molar-refractivity contribution in [1.29, 1.82) is 0 Å². The van der Waals surface area contributed by atoms with Crippen LogP contribution in [0.4, 0.5) is 0 Å². The number of para-hydroxylation sites is 1. The molecule has 2 aliphatic rings. The molecule has 0 bridgehead atoms. The van der Waals surface area contributed by atoms with Crippen molar-refractivity contribution in [3.8, 4) is 5.75 Å². The second-order valence-corrected chi connectivity index (χ2v) is 8.80. The highest BCUT2D eigenvalue weighted by Crippen LogP contribution is 2.34. The van der Waals surface area contributed by atoms with E-state index in [2.05, 4.69) is 11.4 Å². The van der Waals surface area contributed by atoms with Crippen molar-refractivity contribution < 1.29 is 19.1 Å². The van der Waals surface area contributed by atoms with Crippen LogP contribution < -0.4 is 4.74 Å². The van der Waals surface area contributed by atoms with E-state index in [0.29, 0.717) is 26.3 Å². The number of nitrogens with zero attached hydrogens (tertiary/aromatic N) is 2. The Morgan fingerprint density at radius 3 is 2.73 bits per heavy atom. The van der Waals surface area contributed by atoms with Gasteiger partial charge in [-0.3, -0.25) is 9.59 Å². The summed E-state index contributed by atoms with van der Waals surface area (Å²) in [5.41, 5.74) is 1.16. The van der Waals surface area contributed by atoms with Crippen molar-refractivity contribution in [3.63, 3.8) is 0 Å². The average Bonchev–Trinajstić information content (AvgIpc) is 3.51. The lowest BCUT2D eigenvalue weighted by Crippen LogP contribution is -2.48. The number of hydrogen-bond acceptors (Lipinski definition) is 5. The number of hydrogen-bond donors (Lipinski definition) is 0. The molecule has 2 amide bonds. The molecule has 1 fully saturated rings. The van der Waals surface area contributed by atoms with Gasteiger partial charge in [0.15, 0.2) is 0 Å². The zero-order valence-electron chi connectivity index (χ0n) is 17.3. The molecule has 4 rings (SSSR count). The number of ether oxygens (including phenoxy) is 2. The molecule has 30 heavy (non-hydrogen) atoms. The zero-order valence-corrected chi connectivity index (χ0v) is 18.1. The van der Waals surface area contributed by atoms with E-state index in [1.807, 2.05) is 35.2 Å². The molecule has 7 heteroatoms. The third-order valence-corrected chi connectivity index (χ3v) is 6.69. The summed E-state index contributed by atoms with van der Waals surface area (Å²) in [6, 6.07) is 11.6. The fourth-order valence-electron chi connectivity index (χ4n) is 3.88. The van der Waals surface area contributed by atoms with Gasteiger partial charge in [0.2, 0.25) is 11.8 Å². The van der Waals surface area contributed by atoms with Crippen LogP contribution in [-0.4, -0.2) is 61.6 Å². The van der Waals surface area contributed by atoms with E-state index in [4.69, 9.17) is 9.47 Å². The molecule has 160 valence electrons. The summed E-state index contributed by atoms with van der Waals surface area (Å²) in [7, 11) is 1.61. The zero-order chi connectivity index (χ0) is 20.9. The van der Waals surface area contributed by atoms with Gasteiger partial charge in [-0.25, -0.2) is 0 Å². The van der Waals surface area contributed by atoms with Gasteiger partial charge in [-0.2, -0.15) is 0 Å². The number of carbonyl (C=O) groups excluding carboxylic acids is 2. The molecule has 0 saturated heterocycles. The van der Waals surface area contributed by atoms with Gasteiger partial charge in [0.25, 0.3) is 0 Å². The van der Waals surface area contributed by atoms with Gasteiger partial charge in [0, 0.05) is 31.0 Å². The van der Waals surface area contributed by atoms with Crippen LogP contribution in [0, 0.1) is 5.92 Å². The summed E-state index contributed by atoms with van der Waals surface area (Å²) >= 11 is 1.73. The molecule has 1 saturated carbocycles. The summed E-state index contributed by atoms with van der Waals surface area (Å²) in [6.45, 7) is 2.01. The topological polar surface area (TPSA) is 59.1 Å². The highest BCUT2D eigenvalue weighted by Gasteiger charge is 2.37. The lowest BCUT2D eigenvalue weighted by Gasteiger charge is -2.37. The van der Waals surface area contributed by atoms with Crippen LogP contribution in [0.15, 0.2) is 41.8 Å². The third-order valence-electron chi connectivity index (χ3n) is 5.70. The molecule has 0 radical (unpaired) electrons. The SMILES string of the molecule is COCCN(CC(=O)N1CCc2sccc2[C@H]1COc1ccccc1)C(=O)C1CC1. The molecule has 0 N–H and O–H groups in total. The van der Waals surface area contributed by atoms with E-state index >= 15 is 0 Å². The van der Waals surface area contributed by atoms with Gasteiger partial charge in [-0.1, -0.05) is 18.2 Å². The first-order valence-corrected chi connectivity index (χ1v) is 11.4. The summed E-state index contributed by atoms with van der Waals surface area (Å²) < 4.78 is 11.2. The van der Waals surface area contributed by atoms with Crippen LogP contribution in [0.5, 0.6) is 5.75 Å². The molecular formula is C23H28N2O4S. The fraction of sp³-hybridized carbons (Fsp3) is 0.478. The van der Waals surface area contributed by atoms with Crippen molar-refractivity contribution in [1.82, 2.24) is 9.80 Å². The van der Waals surface area contributed by atoms with E-state index in [1.54, 1.807) is 23.3 Å². The second kappa shape index (κ2) is 9.62. The van der Waals surface area contributed by atoms with E-state index in [1.165, 1.54) is 4.88 Å². The predicted molar refractivity (Wildman–Crippen MR) is 116 cm³/mol. The van der Waals surface area contributed by atoms with Crippen molar-refractivity contribution in [3.05, 3.63) is 52.2 Å². The smallest absolute Gasteiger partial charge is 0.242 e. The number of rotatable bonds is 9. The average molecular weight is 429 g/mol. The first-order chi connectivity index (χ1) is 14.7. The maximum absolute atomic E-state index is 13.3. The Hall–Kier alpha value is -2.38. The first-order valence-electron chi connectivity index (χ1n) is 10.5. The van der Waals surface area contributed by atoms with Crippen LogP contribution in [0.25, 0.3) is 0 Å². The lowest BCUT2D eigenvalue weighted by molar-refractivity contribution is -0.143. The summed E-state index contributed by atoms with van der Waals surface area (Å²) in [6.07, 6.45) is 2.69. The number of fused-ring (bicyclic) bond motifs is 1. The molecule has 2 aromatic rings. The fourth-order valence-corrected chi connectivity index (χ4v) is 4.81. The molecule has 1 aromatic carbocycles. The molecule has 6 nitrogen and oxygen atoms in total. The Labute approximate surface area is 181 Å². The van der Waals surface area contributed by atoms with Gasteiger partial charge >= 0.3 is 0 Å². The van der Waals surface area contributed by atoms with Crippen molar-refractivity contribution in [2.75, 3.05) is 40.0 Å². The van der Waals surface area contributed by atoms with Crippen LogP contribution in [0.1, 0.15) is 29.3 Å². The predicted octanol–water partition coefficient (Wildman–Crippen LogP) is 3.14. The van der Waals surface area contributed by atoms with Gasteiger partial charge in [0.05, 0.1) is 19.2 Å². The Kier molecular flexibility index (Phi) is 6.69. The van der Waals surface area contributed by atoms with E-state index in [-0.39, 0.29) is 30.3 Å². The molecule has 2 heterocycles. The third kappa shape index (κ3) is 4.84. The Bertz CT molecular complexity index is 865. The lowest BCUT2D eigenvalue weighted by atomic mass is 10.0. The minimum Gasteiger partial charge on any atom is -0.491 e. The van der Waals surface area contributed by atoms with Crippen LogP contribution >= 0.6 is 11.3 Å². The molecule has 1 aromatic heterocycles. The molecule has 0 unspecified atom stereocenters. The van der Waals surface area contributed by atoms with Crippen LogP contribution in [-0.2, 0) is 20.7 Å². The quantitative estimate of drug-likeness (QED) is 0.616. The van der Waals surface area contributed by atoms with E-state index in [9.17, 15) is 9.59 Å². The summed E-state index contributed by atoms with van der Waals surface area (Å²) in [5.74, 6) is 0.916. The Morgan fingerprint density at radius 1 is 1.20 bits per heavy atom. The van der Waals surface area contributed by atoms with Crippen molar-refractivity contribution in [2.45, 2.75) is 25.3 Å². The van der Waals surface area contributed by atoms with Crippen molar-refractivity contribution >= 4 is 23.2 Å². The highest BCUT2D eigenvalue weighted by molar-refractivity contribution is 7.10. The first kappa shape index (κ1) is 20.9. The van der Waals surface area contributed by atoms with Crippen LogP contribution in [0.2, 0.25) is 0 Å². The molecule has 1 atom stereocenters. The van der Waals surface area contributed by atoms with Crippen LogP contribution in [0.3, 0.4) is 0 Å². The Balaban J connectivity index is 1.48. The monoisotopic (exact) mass is 428 g/mol. The van der Waals surface area contributed by atoms with Crippen molar-refractivity contribution in [2.24, 2.45) is 5.92 Å². The second-order valence-electron chi connectivity index (χ2n) is 7.80. The summed E-state index contributed by atoms with van der Waals surface area (Å²) in [4.78, 5) is 30.8. The summed E-state index contributed by atoms with van der Waals surface area (Å²) in [5, 5.41) is 2.08. The van der Waals surface area contributed by atoms with Gasteiger partial charge in [-0.05, 0) is 48.4 Å². The minimum atomic E-state index is -0.145. The molecule has 1 aliphatic carbocycles. The standard InChI is InChI=1S/C23H28N2O4S/c1-28-13-12-24(23(27)17-7-8-17)15-22(26)25-11-9-21-19(10-14-30-21)20(25)16-29-18-5-3-2-4-6-18/h2-6,10,14,17,20H,7-9,11-13,15-16H2,1H3/t20-/m1/s1. The number of carbonyl (C=O) groups is 2. The number of amides is 2. The molecular weight excluding hydrogens is 400 g/mol. The number of methoxy groups -OCH3 is 1. The van der Waals surface area contributed by atoms with Gasteiger partial charge in [0.1, 0.15) is 12.4 Å². The maximum Gasteiger partial charge on any atom is 0.242 e. The Morgan fingerprint density at radius 2 is 2.00 bits per heavy atom. The number of thiophene rings is 1. The molecule has 1 aliphatic heterocycles. The number of benzene rings is 1. The highest BCUT2D eigenvalue weighted by atomic mass is 32.1. The maximum atomic E-state index is 13.3. The van der Waals surface area contributed by atoms with Gasteiger partial charge < -0.3 is 19.3 Å². The normalized spacial score (nSPS) is 18.0. The van der Waals surface area contributed by atoms with Gasteiger partial charge in [-0.15, -0.1) is 11.3 Å². The van der Waals surface area contributed by atoms with E-state index in [0.717, 1.165) is 30.6 Å². The minimum absolute atomic E-state index is 0.0291.